The number of carbonyl (C=O) groups excluding carboxylic acids is 2. The van der Waals surface area contributed by atoms with Crippen molar-refractivity contribution in [1.29, 1.82) is 5.41 Å². The van der Waals surface area contributed by atoms with Crippen LogP contribution in [0, 0.1) is 12.3 Å². The number of esters is 1. The van der Waals surface area contributed by atoms with Crippen molar-refractivity contribution in [3.8, 4) is 0 Å². The van der Waals surface area contributed by atoms with Crippen molar-refractivity contribution in [3.63, 3.8) is 0 Å². The summed E-state index contributed by atoms with van der Waals surface area (Å²) < 4.78 is 4.80. The molecule has 0 aliphatic carbocycles. The quantitative estimate of drug-likeness (QED) is 0.555. The molecule has 4 N–H and O–H groups in total. The van der Waals surface area contributed by atoms with Crippen molar-refractivity contribution >= 4 is 39.6 Å². The van der Waals surface area contributed by atoms with E-state index in [0.717, 1.165) is 16.9 Å². The van der Waals surface area contributed by atoms with Gasteiger partial charge in [0, 0.05) is 16.6 Å². The molecule has 7 heteroatoms. The number of hydrogen-bond donors (Lipinski definition) is 3. The summed E-state index contributed by atoms with van der Waals surface area (Å²) in [4.78, 5) is 24.2. The molecule has 2 aromatic rings. The van der Waals surface area contributed by atoms with Gasteiger partial charge >= 0.3 is 5.97 Å². The molecule has 1 aromatic carbocycles. The van der Waals surface area contributed by atoms with Crippen LogP contribution in [-0.4, -0.2) is 24.2 Å². The number of nitrogen functional groups attached to an aromatic ring is 1. The predicted molar refractivity (Wildman–Crippen MR) is 103 cm³/mol. The van der Waals surface area contributed by atoms with E-state index in [4.69, 9.17) is 15.9 Å². The number of thiophene rings is 1. The molecule has 0 bridgehead atoms. The smallest absolute Gasteiger partial charge is 0.356 e. The molecule has 1 aromatic heterocycles. The zero-order chi connectivity index (χ0) is 19.0. The molecule has 0 unspecified atom stereocenters. The first-order valence-electron chi connectivity index (χ1n) is 7.95. The number of ether oxygens (including phenoxy) is 1. The van der Waals surface area contributed by atoms with E-state index in [2.05, 4.69) is 5.32 Å². The van der Waals surface area contributed by atoms with Gasteiger partial charge < -0.3 is 15.8 Å². The van der Waals surface area contributed by atoms with E-state index in [1.807, 2.05) is 32.9 Å². The average molecular weight is 361 g/mol. The van der Waals surface area contributed by atoms with E-state index in [1.54, 1.807) is 19.1 Å². The fourth-order valence-corrected chi connectivity index (χ4v) is 2.74. The lowest BCUT2D eigenvalue weighted by Gasteiger charge is -2.08. The third-order valence-corrected chi connectivity index (χ3v) is 3.92. The lowest BCUT2D eigenvalue weighted by Crippen LogP contribution is -2.22. The molecule has 0 spiro atoms. The van der Waals surface area contributed by atoms with Crippen LogP contribution in [0.1, 0.15) is 42.3 Å². The molecule has 2 rings (SSSR count). The number of carbonyl (C=O) groups is 2. The van der Waals surface area contributed by atoms with Gasteiger partial charge in [0.2, 0.25) is 0 Å². The second kappa shape index (κ2) is 9.58. The van der Waals surface area contributed by atoms with Crippen LogP contribution in [0.3, 0.4) is 0 Å². The van der Waals surface area contributed by atoms with Gasteiger partial charge in [0.25, 0.3) is 5.91 Å². The van der Waals surface area contributed by atoms with Gasteiger partial charge in [0.15, 0.2) is 0 Å². The zero-order valence-electron chi connectivity index (χ0n) is 14.8. The highest BCUT2D eigenvalue weighted by Crippen LogP contribution is 2.27. The minimum Gasteiger partial charge on any atom is -0.461 e. The monoisotopic (exact) mass is 361 g/mol. The van der Waals surface area contributed by atoms with Crippen LogP contribution in [0.15, 0.2) is 29.6 Å². The average Bonchev–Trinajstić information content (AvgIpc) is 3.00. The van der Waals surface area contributed by atoms with Gasteiger partial charge in [-0.05, 0) is 26.0 Å². The van der Waals surface area contributed by atoms with Crippen LogP contribution in [0.2, 0.25) is 0 Å². The Hall–Kier alpha value is -2.67. The van der Waals surface area contributed by atoms with Crippen molar-refractivity contribution in [2.24, 2.45) is 0 Å². The molecule has 25 heavy (non-hydrogen) atoms. The van der Waals surface area contributed by atoms with E-state index < -0.39 is 11.9 Å². The maximum absolute atomic E-state index is 12.5. The van der Waals surface area contributed by atoms with Crippen LogP contribution in [0.5, 0.6) is 0 Å². The Morgan fingerprint density at radius 3 is 2.40 bits per heavy atom. The summed E-state index contributed by atoms with van der Waals surface area (Å²) in [6.07, 6.45) is 0. The molecule has 134 valence electrons. The molecular formula is C18H23N3O3S. The van der Waals surface area contributed by atoms with Crippen LogP contribution in [0.4, 0.5) is 10.7 Å². The summed E-state index contributed by atoms with van der Waals surface area (Å²) in [5, 5.41) is 12.4. The Balaban J connectivity index is 0.00000151. The van der Waals surface area contributed by atoms with Gasteiger partial charge in [0.05, 0.1) is 17.2 Å². The topological polar surface area (TPSA) is 105 Å². The summed E-state index contributed by atoms with van der Waals surface area (Å²) in [5.41, 5.74) is 7.44. The zero-order valence-corrected chi connectivity index (χ0v) is 15.6. The van der Waals surface area contributed by atoms with Gasteiger partial charge in [-0.25, -0.2) is 4.79 Å². The highest BCUT2D eigenvalue weighted by molar-refractivity contribution is 7.14. The predicted octanol–water partition coefficient (Wildman–Crippen LogP) is 3.85. The van der Waals surface area contributed by atoms with Crippen molar-refractivity contribution in [2.45, 2.75) is 27.7 Å². The molecule has 0 saturated heterocycles. The number of nitrogens with two attached hydrogens (primary N) is 1. The van der Waals surface area contributed by atoms with Crippen molar-refractivity contribution in [2.75, 3.05) is 17.7 Å². The largest absolute Gasteiger partial charge is 0.461 e. The Bertz CT molecular complexity index is 751. The highest BCUT2D eigenvalue weighted by atomic mass is 32.1. The van der Waals surface area contributed by atoms with Crippen molar-refractivity contribution in [3.05, 3.63) is 46.3 Å². The Labute approximate surface area is 151 Å². The maximum atomic E-state index is 12.5. The maximum Gasteiger partial charge on any atom is 0.356 e. The van der Waals surface area contributed by atoms with E-state index in [-0.39, 0.29) is 28.4 Å². The Morgan fingerprint density at radius 2 is 1.84 bits per heavy atom. The molecule has 0 aliphatic rings. The molecule has 0 saturated carbocycles. The number of nitrogens with one attached hydrogen (secondary N) is 2. The first kappa shape index (κ1) is 20.4. The fourth-order valence-electron chi connectivity index (χ4n) is 1.93. The summed E-state index contributed by atoms with van der Waals surface area (Å²) in [6, 6.07) is 7.28. The van der Waals surface area contributed by atoms with Crippen LogP contribution < -0.4 is 11.1 Å². The lowest BCUT2D eigenvalue weighted by molar-refractivity contribution is -0.135. The van der Waals surface area contributed by atoms with E-state index in [9.17, 15) is 9.59 Å². The molecule has 0 atom stereocenters. The molecule has 1 amide bonds. The van der Waals surface area contributed by atoms with Crippen molar-refractivity contribution in [1.82, 2.24) is 0 Å². The van der Waals surface area contributed by atoms with Gasteiger partial charge in [-0.15, -0.1) is 11.3 Å². The third kappa shape index (κ3) is 5.15. The van der Waals surface area contributed by atoms with Crippen LogP contribution in [-0.2, 0) is 9.53 Å². The molecule has 0 fully saturated rings. The molecule has 6 nitrogen and oxygen atoms in total. The minimum absolute atomic E-state index is 0.119. The lowest BCUT2D eigenvalue weighted by atomic mass is 10.1. The molecule has 0 aliphatic heterocycles. The second-order valence-electron chi connectivity index (χ2n) is 4.80. The summed E-state index contributed by atoms with van der Waals surface area (Å²) in [6.45, 7) is 7.76. The fraction of sp³-hybridized carbons (Fsp3) is 0.278. The summed E-state index contributed by atoms with van der Waals surface area (Å²) in [5.74, 6) is -1.24. The van der Waals surface area contributed by atoms with Gasteiger partial charge in [-0.1, -0.05) is 31.5 Å². The van der Waals surface area contributed by atoms with E-state index >= 15 is 0 Å². The number of aryl methyl sites for hydroxylation is 1. The Morgan fingerprint density at radius 1 is 1.24 bits per heavy atom. The first-order chi connectivity index (χ1) is 11.9. The van der Waals surface area contributed by atoms with Crippen LogP contribution in [0.25, 0.3) is 0 Å². The standard InChI is InChI=1S/C16H17N3O3S.C2H6/c1-3-22-16(21)13(17)11-8-23-14(18)12(11)15(20)19-10-6-4-9(2)5-7-10;1-2/h4-8,17H,3,18H2,1-2H3,(H,19,20);1-2H3. The summed E-state index contributed by atoms with van der Waals surface area (Å²) in [7, 11) is 0. The van der Waals surface area contributed by atoms with Crippen LogP contribution >= 0.6 is 11.3 Å². The number of anilines is 2. The number of amides is 1. The number of rotatable bonds is 5. The number of hydrogen-bond acceptors (Lipinski definition) is 6. The van der Waals surface area contributed by atoms with Crippen molar-refractivity contribution < 1.29 is 14.3 Å². The van der Waals surface area contributed by atoms with Gasteiger partial charge in [-0.3, -0.25) is 10.2 Å². The highest BCUT2D eigenvalue weighted by Gasteiger charge is 2.24. The molecule has 1 heterocycles. The normalized spacial score (nSPS) is 9.60. The number of benzene rings is 1. The first-order valence-corrected chi connectivity index (χ1v) is 8.83. The molecular weight excluding hydrogens is 338 g/mol. The third-order valence-electron chi connectivity index (χ3n) is 3.10. The van der Waals surface area contributed by atoms with E-state index in [0.29, 0.717) is 5.69 Å². The SMILES string of the molecule is CC.CCOC(=O)C(=N)c1csc(N)c1C(=O)Nc1ccc(C)cc1. The van der Waals surface area contributed by atoms with Gasteiger partial charge in [-0.2, -0.15) is 0 Å². The van der Waals surface area contributed by atoms with E-state index in [1.165, 1.54) is 5.38 Å². The molecule has 0 radical (unpaired) electrons. The minimum atomic E-state index is -0.783. The second-order valence-corrected chi connectivity index (χ2v) is 5.72. The Kier molecular flexibility index (Phi) is 7.81. The summed E-state index contributed by atoms with van der Waals surface area (Å²) >= 11 is 1.10. The van der Waals surface area contributed by atoms with Gasteiger partial charge in [0.1, 0.15) is 5.71 Å².